The first kappa shape index (κ1) is 16.6. The first-order valence-electron chi connectivity index (χ1n) is 6.57. The average Bonchev–Trinajstić information content (AvgIpc) is 2.75. The molecule has 1 unspecified atom stereocenters. The number of halogens is 3. The van der Waals surface area contributed by atoms with E-state index in [0.29, 0.717) is 12.0 Å². The van der Waals surface area contributed by atoms with Gasteiger partial charge >= 0.3 is 12.2 Å². The van der Waals surface area contributed by atoms with Crippen LogP contribution in [0.5, 0.6) is 0 Å². The third kappa shape index (κ3) is 4.62. The molecule has 0 bridgehead atoms. The van der Waals surface area contributed by atoms with Crippen molar-refractivity contribution in [2.24, 2.45) is 0 Å². The number of carbonyl (C=O) groups is 1. The van der Waals surface area contributed by atoms with Crippen molar-refractivity contribution in [1.29, 1.82) is 0 Å². The van der Waals surface area contributed by atoms with Crippen molar-refractivity contribution in [1.82, 2.24) is 10.6 Å². The molecule has 22 heavy (non-hydrogen) atoms. The molecule has 1 heterocycles. The monoisotopic (exact) mass is 336 g/mol. The summed E-state index contributed by atoms with van der Waals surface area (Å²) in [6.45, 7) is 0.0590. The van der Waals surface area contributed by atoms with Crippen LogP contribution in [0.3, 0.4) is 0 Å². The van der Waals surface area contributed by atoms with E-state index < -0.39 is 33.6 Å². The van der Waals surface area contributed by atoms with E-state index in [1.807, 2.05) is 0 Å². The molecular weight excluding hydrogens is 321 g/mol. The number of benzene rings is 1. The van der Waals surface area contributed by atoms with E-state index in [9.17, 15) is 26.4 Å². The first-order valence-corrected chi connectivity index (χ1v) is 8.39. The topological polar surface area (TPSA) is 75.3 Å². The number of carbonyl (C=O) groups excluding carboxylic acids is 1. The van der Waals surface area contributed by atoms with Crippen LogP contribution in [0.4, 0.5) is 18.0 Å². The Kier molecular flexibility index (Phi) is 4.64. The maximum Gasteiger partial charge on any atom is 0.416 e. The van der Waals surface area contributed by atoms with Gasteiger partial charge in [-0.2, -0.15) is 13.2 Å². The molecule has 1 saturated heterocycles. The largest absolute Gasteiger partial charge is 0.416 e. The second-order valence-electron chi connectivity index (χ2n) is 5.12. The highest BCUT2D eigenvalue weighted by atomic mass is 32.2. The fraction of sp³-hybridized carbons (Fsp3) is 0.462. The second-order valence-corrected chi connectivity index (χ2v) is 7.35. The molecule has 122 valence electrons. The number of amides is 2. The predicted octanol–water partition coefficient (Wildman–Crippen LogP) is 1.69. The molecule has 1 aromatic rings. The molecule has 2 N–H and O–H groups in total. The molecule has 1 aromatic carbocycles. The summed E-state index contributed by atoms with van der Waals surface area (Å²) in [6.07, 6.45) is -4.02. The number of hydrogen-bond acceptors (Lipinski definition) is 3. The molecule has 1 fully saturated rings. The van der Waals surface area contributed by atoms with Crippen molar-refractivity contribution in [3.05, 3.63) is 35.4 Å². The van der Waals surface area contributed by atoms with Crippen LogP contribution in [0.2, 0.25) is 0 Å². The number of nitrogens with one attached hydrogen (secondary N) is 2. The van der Waals surface area contributed by atoms with Gasteiger partial charge in [0.15, 0.2) is 9.84 Å². The Morgan fingerprint density at radius 1 is 1.23 bits per heavy atom. The number of rotatable bonds is 3. The van der Waals surface area contributed by atoms with E-state index in [2.05, 4.69) is 10.6 Å². The van der Waals surface area contributed by atoms with Crippen LogP contribution in [-0.2, 0) is 22.6 Å². The van der Waals surface area contributed by atoms with Gasteiger partial charge in [-0.15, -0.1) is 0 Å². The molecule has 1 aliphatic rings. The van der Waals surface area contributed by atoms with Gasteiger partial charge in [0.05, 0.1) is 17.1 Å². The standard InChI is InChI=1S/C13H15F3N2O3S/c14-13(15,16)10-3-1-9(2-4-10)7-17-12(19)18-11-5-6-22(20,21)8-11/h1-4,11H,5-8H2,(H2,17,18,19). The van der Waals surface area contributed by atoms with Crippen molar-refractivity contribution in [2.75, 3.05) is 11.5 Å². The van der Waals surface area contributed by atoms with Gasteiger partial charge in [-0.3, -0.25) is 0 Å². The average molecular weight is 336 g/mol. The summed E-state index contributed by atoms with van der Waals surface area (Å²) in [7, 11) is -3.08. The molecule has 0 radical (unpaired) electrons. The van der Waals surface area contributed by atoms with Gasteiger partial charge in [-0.25, -0.2) is 13.2 Å². The van der Waals surface area contributed by atoms with Gasteiger partial charge in [0.25, 0.3) is 0 Å². The Morgan fingerprint density at radius 3 is 2.36 bits per heavy atom. The zero-order valence-electron chi connectivity index (χ0n) is 11.5. The highest BCUT2D eigenvalue weighted by molar-refractivity contribution is 7.91. The van der Waals surface area contributed by atoms with Crippen LogP contribution in [-0.4, -0.2) is 32.0 Å². The summed E-state index contributed by atoms with van der Waals surface area (Å²) in [5.41, 5.74) is -0.237. The van der Waals surface area contributed by atoms with Crippen LogP contribution in [0.15, 0.2) is 24.3 Å². The smallest absolute Gasteiger partial charge is 0.334 e. The van der Waals surface area contributed by atoms with Crippen molar-refractivity contribution in [2.45, 2.75) is 25.2 Å². The van der Waals surface area contributed by atoms with E-state index >= 15 is 0 Å². The van der Waals surface area contributed by atoms with E-state index in [1.54, 1.807) is 0 Å². The SMILES string of the molecule is O=C(NCc1ccc(C(F)(F)F)cc1)NC1CCS(=O)(=O)C1. The maximum absolute atomic E-state index is 12.4. The van der Waals surface area contributed by atoms with Crippen molar-refractivity contribution < 1.29 is 26.4 Å². The molecular formula is C13H15F3N2O3S. The molecule has 0 saturated carbocycles. The predicted molar refractivity (Wildman–Crippen MR) is 73.9 cm³/mol. The molecule has 0 aromatic heterocycles. The van der Waals surface area contributed by atoms with Crippen molar-refractivity contribution in [3.63, 3.8) is 0 Å². The Bertz CT molecular complexity index is 641. The maximum atomic E-state index is 12.4. The van der Waals surface area contributed by atoms with Gasteiger partial charge in [-0.05, 0) is 24.1 Å². The van der Waals surface area contributed by atoms with E-state index in [4.69, 9.17) is 0 Å². The lowest BCUT2D eigenvalue weighted by Gasteiger charge is -2.12. The van der Waals surface area contributed by atoms with Crippen molar-refractivity contribution in [3.8, 4) is 0 Å². The van der Waals surface area contributed by atoms with Gasteiger partial charge < -0.3 is 10.6 Å². The lowest BCUT2D eigenvalue weighted by atomic mass is 10.1. The molecule has 9 heteroatoms. The highest BCUT2D eigenvalue weighted by Gasteiger charge is 2.30. The summed E-state index contributed by atoms with van der Waals surface area (Å²) < 4.78 is 59.7. The van der Waals surface area contributed by atoms with Crippen LogP contribution in [0, 0.1) is 0 Å². The summed E-state index contributed by atoms with van der Waals surface area (Å²) in [5.74, 6) is -0.0302. The van der Waals surface area contributed by atoms with Gasteiger partial charge in [-0.1, -0.05) is 12.1 Å². The summed E-state index contributed by atoms with van der Waals surface area (Å²) in [6, 6.07) is 3.49. The molecule has 2 amide bonds. The van der Waals surface area contributed by atoms with Crippen LogP contribution in [0.1, 0.15) is 17.5 Å². The number of sulfone groups is 1. The van der Waals surface area contributed by atoms with Gasteiger partial charge in [0.1, 0.15) is 0 Å². The number of alkyl halides is 3. The Labute approximate surface area is 125 Å². The molecule has 5 nitrogen and oxygen atoms in total. The van der Waals surface area contributed by atoms with Crippen LogP contribution < -0.4 is 10.6 Å². The zero-order chi connectivity index (χ0) is 16.4. The van der Waals surface area contributed by atoms with E-state index in [1.165, 1.54) is 12.1 Å². The second kappa shape index (κ2) is 6.15. The number of hydrogen-bond donors (Lipinski definition) is 2. The minimum atomic E-state index is -4.39. The van der Waals surface area contributed by atoms with Crippen molar-refractivity contribution >= 4 is 15.9 Å². The summed E-state index contributed by atoms with van der Waals surface area (Å²) in [4.78, 5) is 11.6. The highest BCUT2D eigenvalue weighted by Crippen LogP contribution is 2.29. The van der Waals surface area contributed by atoms with Gasteiger partial charge in [0, 0.05) is 12.6 Å². The van der Waals surface area contributed by atoms with E-state index in [0.717, 1.165) is 12.1 Å². The van der Waals surface area contributed by atoms with Crippen LogP contribution in [0.25, 0.3) is 0 Å². The minimum absolute atomic E-state index is 0.0524. The first-order chi connectivity index (χ1) is 10.2. The zero-order valence-corrected chi connectivity index (χ0v) is 12.3. The Hall–Kier alpha value is -1.77. The van der Waals surface area contributed by atoms with E-state index in [-0.39, 0.29) is 18.1 Å². The fourth-order valence-electron chi connectivity index (χ4n) is 2.14. The lowest BCUT2D eigenvalue weighted by Crippen LogP contribution is -2.42. The lowest BCUT2D eigenvalue weighted by molar-refractivity contribution is -0.137. The fourth-order valence-corrected chi connectivity index (χ4v) is 3.81. The summed E-state index contributed by atoms with van der Waals surface area (Å²) in [5, 5.41) is 5.02. The molecule has 1 aliphatic heterocycles. The molecule has 0 spiro atoms. The minimum Gasteiger partial charge on any atom is -0.334 e. The Balaban J connectivity index is 1.81. The Morgan fingerprint density at radius 2 is 1.86 bits per heavy atom. The molecule has 0 aliphatic carbocycles. The molecule has 2 rings (SSSR count). The molecule has 1 atom stereocenters. The summed E-state index contributed by atoms with van der Waals surface area (Å²) >= 11 is 0. The number of urea groups is 1. The van der Waals surface area contributed by atoms with Crippen LogP contribution >= 0.6 is 0 Å². The third-order valence-electron chi connectivity index (χ3n) is 3.30. The quantitative estimate of drug-likeness (QED) is 0.882. The normalized spacial score (nSPS) is 20.6. The van der Waals surface area contributed by atoms with Gasteiger partial charge in [0.2, 0.25) is 0 Å². The third-order valence-corrected chi connectivity index (χ3v) is 5.07.